The third kappa shape index (κ3) is 2.91. The SMILES string of the molecule is COc1cc(C)cc(C(=O)C2CC3CCCC(C2)S3=O)c1. The number of carbonyl (C=O) groups is 1. The summed E-state index contributed by atoms with van der Waals surface area (Å²) < 4.78 is 17.5. The molecule has 3 nitrogen and oxygen atoms in total. The molecule has 114 valence electrons. The summed E-state index contributed by atoms with van der Waals surface area (Å²) in [6.45, 7) is 1.98. The van der Waals surface area contributed by atoms with Crippen LogP contribution in [0.3, 0.4) is 0 Å². The second-order valence-electron chi connectivity index (χ2n) is 6.27. The lowest BCUT2D eigenvalue weighted by atomic mass is 9.84. The van der Waals surface area contributed by atoms with Crippen LogP contribution in [-0.4, -0.2) is 27.6 Å². The topological polar surface area (TPSA) is 43.4 Å². The molecule has 2 heterocycles. The van der Waals surface area contributed by atoms with Crippen molar-refractivity contribution in [2.24, 2.45) is 5.92 Å². The fourth-order valence-electron chi connectivity index (χ4n) is 3.69. The highest BCUT2D eigenvalue weighted by Gasteiger charge is 2.40. The molecule has 0 radical (unpaired) electrons. The van der Waals surface area contributed by atoms with Gasteiger partial charge in [0.25, 0.3) is 0 Å². The number of benzene rings is 1. The fourth-order valence-corrected chi connectivity index (χ4v) is 5.88. The van der Waals surface area contributed by atoms with Crippen molar-refractivity contribution in [1.82, 2.24) is 0 Å². The van der Waals surface area contributed by atoms with Crippen LogP contribution in [-0.2, 0) is 10.8 Å². The van der Waals surface area contributed by atoms with Crippen molar-refractivity contribution in [3.63, 3.8) is 0 Å². The van der Waals surface area contributed by atoms with E-state index in [-0.39, 0.29) is 22.2 Å². The van der Waals surface area contributed by atoms with Crippen molar-refractivity contribution >= 4 is 16.6 Å². The summed E-state index contributed by atoms with van der Waals surface area (Å²) in [5.41, 5.74) is 1.78. The molecule has 1 aromatic carbocycles. The highest BCUT2D eigenvalue weighted by molar-refractivity contribution is 7.86. The molecule has 3 rings (SSSR count). The van der Waals surface area contributed by atoms with Crippen LogP contribution in [0, 0.1) is 12.8 Å². The molecule has 0 aromatic heterocycles. The summed E-state index contributed by atoms with van der Waals surface area (Å²) in [7, 11) is 0.905. The van der Waals surface area contributed by atoms with Crippen LogP contribution in [0.2, 0.25) is 0 Å². The molecular weight excluding hydrogens is 284 g/mol. The maximum atomic E-state index is 12.8. The Morgan fingerprint density at radius 3 is 2.48 bits per heavy atom. The Kier molecular flexibility index (Phi) is 4.16. The van der Waals surface area contributed by atoms with E-state index < -0.39 is 10.8 Å². The number of carbonyl (C=O) groups excluding carboxylic acids is 1. The zero-order valence-electron chi connectivity index (χ0n) is 12.6. The zero-order valence-corrected chi connectivity index (χ0v) is 13.4. The van der Waals surface area contributed by atoms with Crippen LogP contribution in [0.15, 0.2) is 18.2 Å². The Hall–Kier alpha value is -1.16. The van der Waals surface area contributed by atoms with Gasteiger partial charge in [0.1, 0.15) is 5.75 Å². The number of hydrogen-bond acceptors (Lipinski definition) is 3. The molecule has 2 bridgehead atoms. The predicted octanol–water partition coefficient (Wildman–Crippen LogP) is 3.27. The fraction of sp³-hybridized carbons (Fsp3) is 0.588. The van der Waals surface area contributed by atoms with Crippen molar-refractivity contribution in [2.75, 3.05) is 7.11 Å². The summed E-state index contributed by atoms with van der Waals surface area (Å²) in [6, 6.07) is 5.70. The third-order valence-corrected chi connectivity index (χ3v) is 6.92. The molecular formula is C17H22O3S. The Morgan fingerprint density at radius 2 is 1.86 bits per heavy atom. The van der Waals surface area contributed by atoms with Gasteiger partial charge in [0.05, 0.1) is 7.11 Å². The molecule has 2 atom stereocenters. The van der Waals surface area contributed by atoms with Crippen LogP contribution in [0.4, 0.5) is 0 Å². The average Bonchev–Trinajstić information content (AvgIpc) is 2.45. The standard InChI is InChI=1S/C17H22O3S/c1-11-6-12(8-14(7-11)20-2)17(18)13-9-15-4-3-5-16(10-13)21(15)19/h6-8,13,15-16H,3-5,9-10H2,1-2H3. The van der Waals surface area contributed by atoms with Crippen LogP contribution in [0.25, 0.3) is 0 Å². The molecule has 2 saturated heterocycles. The maximum absolute atomic E-state index is 12.8. The second kappa shape index (κ2) is 5.91. The first-order valence-corrected chi connectivity index (χ1v) is 8.95. The Bertz CT molecular complexity index is 565. The molecule has 0 aliphatic carbocycles. The highest BCUT2D eigenvalue weighted by Crippen LogP contribution is 2.38. The van der Waals surface area contributed by atoms with Gasteiger partial charge < -0.3 is 4.74 Å². The van der Waals surface area contributed by atoms with E-state index in [2.05, 4.69) is 0 Å². The minimum atomic E-state index is -0.717. The number of aryl methyl sites for hydroxylation is 1. The van der Waals surface area contributed by atoms with Gasteiger partial charge in [0.15, 0.2) is 5.78 Å². The van der Waals surface area contributed by atoms with Gasteiger partial charge in [0, 0.05) is 32.8 Å². The lowest BCUT2D eigenvalue weighted by Crippen LogP contribution is -2.41. The minimum Gasteiger partial charge on any atom is -0.497 e. The molecule has 0 saturated carbocycles. The van der Waals surface area contributed by atoms with Crippen molar-refractivity contribution in [2.45, 2.75) is 49.5 Å². The number of Topliss-reactive ketones (excluding diaryl/α,β-unsaturated/α-hetero) is 1. The Balaban J connectivity index is 1.82. The van der Waals surface area contributed by atoms with E-state index in [0.29, 0.717) is 0 Å². The molecule has 0 amide bonds. The first kappa shape index (κ1) is 14.8. The quantitative estimate of drug-likeness (QED) is 0.805. The minimum absolute atomic E-state index is 0.0320. The molecule has 21 heavy (non-hydrogen) atoms. The van der Waals surface area contributed by atoms with Gasteiger partial charge in [-0.05, 0) is 56.4 Å². The van der Waals surface area contributed by atoms with E-state index in [4.69, 9.17) is 4.74 Å². The summed E-state index contributed by atoms with van der Waals surface area (Å²) >= 11 is 0. The number of rotatable bonds is 3. The van der Waals surface area contributed by atoms with Gasteiger partial charge in [-0.2, -0.15) is 0 Å². The number of fused-ring (bicyclic) bond motifs is 2. The predicted molar refractivity (Wildman–Crippen MR) is 84.4 cm³/mol. The monoisotopic (exact) mass is 306 g/mol. The molecule has 1 aromatic rings. The lowest BCUT2D eigenvalue weighted by Gasteiger charge is -2.37. The van der Waals surface area contributed by atoms with E-state index in [1.54, 1.807) is 7.11 Å². The lowest BCUT2D eigenvalue weighted by molar-refractivity contribution is 0.0895. The van der Waals surface area contributed by atoms with Crippen molar-refractivity contribution in [3.05, 3.63) is 29.3 Å². The zero-order chi connectivity index (χ0) is 15.0. The van der Waals surface area contributed by atoms with Gasteiger partial charge in [-0.25, -0.2) is 0 Å². The highest BCUT2D eigenvalue weighted by atomic mass is 32.2. The Morgan fingerprint density at radius 1 is 1.19 bits per heavy atom. The van der Waals surface area contributed by atoms with Crippen LogP contribution in [0.5, 0.6) is 5.75 Å². The first-order chi connectivity index (χ1) is 10.1. The molecule has 0 spiro atoms. The van der Waals surface area contributed by atoms with Crippen molar-refractivity contribution < 1.29 is 13.7 Å². The summed E-state index contributed by atoms with van der Waals surface area (Å²) in [5.74, 6) is 0.966. The molecule has 0 N–H and O–H groups in total. The maximum Gasteiger partial charge on any atom is 0.166 e. The number of ketones is 1. The molecule has 2 fully saturated rings. The van der Waals surface area contributed by atoms with E-state index in [0.717, 1.165) is 42.6 Å². The van der Waals surface area contributed by atoms with Gasteiger partial charge in [-0.3, -0.25) is 9.00 Å². The normalized spacial score (nSPS) is 31.7. The largest absolute Gasteiger partial charge is 0.497 e. The smallest absolute Gasteiger partial charge is 0.166 e. The van der Waals surface area contributed by atoms with Crippen LogP contribution < -0.4 is 4.74 Å². The number of methoxy groups -OCH3 is 1. The molecule has 2 unspecified atom stereocenters. The number of hydrogen-bond donors (Lipinski definition) is 0. The van der Waals surface area contributed by atoms with Gasteiger partial charge in [-0.15, -0.1) is 0 Å². The second-order valence-corrected chi connectivity index (χ2v) is 8.27. The van der Waals surface area contributed by atoms with E-state index in [9.17, 15) is 9.00 Å². The molecule has 4 heteroatoms. The average molecular weight is 306 g/mol. The summed E-state index contributed by atoms with van der Waals surface area (Å²) in [5, 5.41) is 0.469. The van der Waals surface area contributed by atoms with Crippen molar-refractivity contribution in [1.29, 1.82) is 0 Å². The third-order valence-electron chi connectivity index (χ3n) is 4.75. The van der Waals surface area contributed by atoms with Gasteiger partial charge in [-0.1, -0.05) is 6.42 Å². The summed E-state index contributed by atoms with van der Waals surface area (Å²) in [4.78, 5) is 12.8. The van der Waals surface area contributed by atoms with E-state index in [1.165, 1.54) is 6.42 Å². The van der Waals surface area contributed by atoms with Gasteiger partial charge >= 0.3 is 0 Å². The van der Waals surface area contributed by atoms with Crippen LogP contribution in [0.1, 0.15) is 48.0 Å². The first-order valence-electron chi connectivity index (χ1n) is 7.67. The Labute approximate surface area is 128 Å². The van der Waals surface area contributed by atoms with Crippen molar-refractivity contribution in [3.8, 4) is 5.75 Å². The van der Waals surface area contributed by atoms with E-state index >= 15 is 0 Å². The van der Waals surface area contributed by atoms with Gasteiger partial charge in [0.2, 0.25) is 0 Å². The molecule has 2 aliphatic heterocycles. The van der Waals surface area contributed by atoms with E-state index in [1.807, 2.05) is 25.1 Å². The van der Waals surface area contributed by atoms with Crippen LogP contribution >= 0.6 is 0 Å². The molecule has 2 aliphatic rings. The summed E-state index contributed by atoms with van der Waals surface area (Å²) in [6.07, 6.45) is 4.78. The number of ether oxygens (including phenoxy) is 1.